The highest BCUT2D eigenvalue weighted by Gasteiger charge is 2.20. The molecule has 0 fully saturated rings. The third kappa shape index (κ3) is 4.50. The zero-order chi connectivity index (χ0) is 17.8. The molecule has 0 saturated carbocycles. The molecule has 0 heterocycles. The van der Waals surface area contributed by atoms with Crippen molar-refractivity contribution in [2.24, 2.45) is 11.8 Å². The summed E-state index contributed by atoms with van der Waals surface area (Å²) in [5.74, 6) is 1.99. The Kier molecular flexibility index (Phi) is 5.57. The lowest BCUT2D eigenvalue weighted by atomic mass is 9.78. The zero-order valence-corrected chi connectivity index (χ0v) is 15.5. The Labute approximate surface area is 151 Å². The summed E-state index contributed by atoms with van der Waals surface area (Å²) in [4.78, 5) is 11.0. The molecule has 0 saturated heterocycles. The third-order valence-corrected chi connectivity index (χ3v) is 5.42. The highest BCUT2D eigenvalue weighted by Crippen LogP contribution is 2.33. The van der Waals surface area contributed by atoms with E-state index >= 15 is 0 Å². The highest BCUT2D eigenvalue weighted by molar-refractivity contribution is 5.70. The van der Waals surface area contributed by atoms with Crippen LogP contribution in [0.4, 0.5) is 0 Å². The van der Waals surface area contributed by atoms with Gasteiger partial charge >= 0.3 is 5.97 Å². The van der Waals surface area contributed by atoms with Crippen molar-refractivity contribution in [3.8, 4) is 16.9 Å². The van der Waals surface area contributed by atoms with E-state index in [4.69, 9.17) is 4.74 Å². The molecule has 2 atom stereocenters. The van der Waals surface area contributed by atoms with E-state index in [2.05, 4.69) is 32.0 Å². The van der Waals surface area contributed by atoms with Crippen molar-refractivity contribution in [3.05, 3.63) is 53.6 Å². The molecular weight excluding hydrogens is 308 g/mol. The van der Waals surface area contributed by atoms with E-state index in [-0.39, 0.29) is 5.97 Å². The topological polar surface area (TPSA) is 26.3 Å². The van der Waals surface area contributed by atoms with Crippen LogP contribution in [0.1, 0.15) is 51.2 Å². The number of rotatable bonds is 5. The normalized spacial score (nSPS) is 17.6. The Hall–Kier alpha value is -2.09. The lowest BCUT2D eigenvalue weighted by Gasteiger charge is -2.27. The van der Waals surface area contributed by atoms with E-state index in [1.54, 1.807) is 0 Å². The van der Waals surface area contributed by atoms with Crippen LogP contribution in [-0.4, -0.2) is 5.97 Å². The summed E-state index contributed by atoms with van der Waals surface area (Å²) in [5, 5.41) is 0. The number of hydrogen-bond donors (Lipinski definition) is 0. The van der Waals surface area contributed by atoms with Crippen LogP contribution in [0.3, 0.4) is 0 Å². The molecule has 0 amide bonds. The maximum absolute atomic E-state index is 11.0. The first-order valence-corrected chi connectivity index (χ1v) is 9.45. The van der Waals surface area contributed by atoms with E-state index in [0.717, 1.165) is 11.8 Å². The largest absolute Gasteiger partial charge is 0.427 e. The Bertz CT molecular complexity index is 730. The minimum atomic E-state index is -0.284. The van der Waals surface area contributed by atoms with E-state index < -0.39 is 0 Å². The molecule has 1 aliphatic carbocycles. The molecule has 2 aromatic rings. The van der Waals surface area contributed by atoms with Gasteiger partial charge in [-0.1, -0.05) is 50.6 Å². The minimum absolute atomic E-state index is 0.284. The first-order valence-electron chi connectivity index (χ1n) is 9.45. The quantitative estimate of drug-likeness (QED) is 0.508. The fraction of sp³-hybridized carbons (Fsp3) is 0.435. The fourth-order valence-electron chi connectivity index (χ4n) is 3.83. The minimum Gasteiger partial charge on any atom is -0.427 e. The summed E-state index contributed by atoms with van der Waals surface area (Å²) in [6.45, 7) is 6.09. The number of esters is 1. The summed E-state index contributed by atoms with van der Waals surface area (Å²) in [7, 11) is 0. The lowest BCUT2D eigenvalue weighted by molar-refractivity contribution is -0.131. The van der Waals surface area contributed by atoms with Crippen molar-refractivity contribution in [2.45, 2.75) is 52.9 Å². The second-order valence-corrected chi connectivity index (χ2v) is 7.46. The lowest BCUT2D eigenvalue weighted by Crippen LogP contribution is -2.16. The van der Waals surface area contributed by atoms with Gasteiger partial charge in [0.25, 0.3) is 0 Å². The summed E-state index contributed by atoms with van der Waals surface area (Å²) < 4.78 is 5.11. The van der Waals surface area contributed by atoms with E-state index in [1.807, 2.05) is 24.3 Å². The van der Waals surface area contributed by atoms with Gasteiger partial charge in [-0.15, -0.1) is 0 Å². The van der Waals surface area contributed by atoms with Crippen LogP contribution in [0.5, 0.6) is 5.75 Å². The fourth-order valence-corrected chi connectivity index (χ4v) is 3.83. The molecule has 0 bridgehead atoms. The number of aryl methyl sites for hydroxylation is 1. The smallest absolute Gasteiger partial charge is 0.308 e. The molecule has 2 heteroatoms. The molecule has 0 N–H and O–H groups in total. The molecule has 0 spiro atoms. The molecule has 0 aromatic heterocycles. The number of ether oxygens (including phenoxy) is 1. The van der Waals surface area contributed by atoms with Gasteiger partial charge in [0.1, 0.15) is 5.75 Å². The van der Waals surface area contributed by atoms with Gasteiger partial charge in [-0.05, 0) is 71.9 Å². The van der Waals surface area contributed by atoms with Crippen LogP contribution in [0.25, 0.3) is 11.1 Å². The molecule has 132 valence electrons. The molecule has 0 aliphatic heterocycles. The van der Waals surface area contributed by atoms with Gasteiger partial charge < -0.3 is 4.74 Å². The third-order valence-electron chi connectivity index (χ3n) is 5.42. The van der Waals surface area contributed by atoms with Crippen molar-refractivity contribution < 1.29 is 9.53 Å². The summed E-state index contributed by atoms with van der Waals surface area (Å²) in [6.07, 6.45) is 6.37. The van der Waals surface area contributed by atoms with Gasteiger partial charge in [0, 0.05) is 6.92 Å². The summed E-state index contributed by atoms with van der Waals surface area (Å²) >= 11 is 0. The number of benzene rings is 2. The number of carbonyl (C=O) groups excluding carboxylic acids is 1. The van der Waals surface area contributed by atoms with Crippen molar-refractivity contribution in [1.82, 2.24) is 0 Å². The van der Waals surface area contributed by atoms with Gasteiger partial charge in [0.2, 0.25) is 0 Å². The van der Waals surface area contributed by atoms with Crippen LogP contribution in [0, 0.1) is 11.8 Å². The highest BCUT2D eigenvalue weighted by atomic mass is 16.5. The second-order valence-electron chi connectivity index (χ2n) is 7.46. The Morgan fingerprint density at radius 3 is 2.52 bits per heavy atom. The number of carbonyl (C=O) groups is 1. The first kappa shape index (κ1) is 17.7. The number of hydrogen-bond acceptors (Lipinski definition) is 2. The Morgan fingerprint density at radius 1 is 1.12 bits per heavy atom. The molecule has 3 rings (SSSR count). The summed E-state index contributed by atoms with van der Waals surface area (Å²) in [5.41, 5.74) is 5.44. The van der Waals surface area contributed by atoms with E-state index in [0.29, 0.717) is 5.75 Å². The van der Waals surface area contributed by atoms with Crippen LogP contribution in [-0.2, 0) is 17.6 Å². The van der Waals surface area contributed by atoms with Crippen molar-refractivity contribution >= 4 is 5.97 Å². The SMILES string of the molecule is CCC(C)CC1CCc2cc(-c3ccc(OC(C)=O)cc3)ccc2C1. The zero-order valence-electron chi connectivity index (χ0n) is 15.5. The maximum Gasteiger partial charge on any atom is 0.308 e. The first-order chi connectivity index (χ1) is 12.0. The molecule has 2 aromatic carbocycles. The van der Waals surface area contributed by atoms with Gasteiger partial charge in [-0.3, -0.25) is 4.79 Å². The standard InChI is InChI=1S/C23H28O2/c1-4-16(2)13-18-5-6-22-15-21(8-7-20(22)14-18)19-9-11-23(12-10-19)25-17(3)24/h7-12,15-16,18H,4-6,13-14H2,1-3H3. The average molecular weight is 336 g/mol. The van der Waals surface area contributed by atoms with Crippen LogP contribution in [0.2, 0.25) is 0 Å². The van der Waals surface area contributed by atoms with Crippen molar-refractivity contribution in [3.63, 3.8) is 0 Å². The second kappa shape index (κ2) is 7.86. The molecule has 25 heavy (non-hydrogen) atoms. The van der Waals surface area contributed by atoms with Crippen LogP contribution >= 0.6 is 0 Å². The van der Waals surface area contributed by atoms with Crippen molar-refractivity contribution in [1.29, 1.82) is 0 Å². The van der Waals surface area contributed by atoms with Crippen LogP contribution in [0.15, 0.2) is 42.5 Å². The van der Waals surface area contributed by atoms with Crippen molar-refractivity contribution in [2.75, 3.05) is 0 Å². The van der Waals surface area contributed by atoms with Gasteiger partial charge in [-0.2, -0.15) is 0 Å². The Balaban J connectivity index is 1.73. The molecule has 2 unspecified atom stereocenters. The number of fused-ring (bicyclic) bond motifs is 1. The predicted molar refractivity (Wildman–Crippen MR) is 103 cm³/mol. The van der Waals surface area contributed by atoms with Gasteiger partial charge in [0.05, 0.1) is 0 Å². The molecule has 2 nitrogen and oxygen atoms in total. The molecular formula is C23H28O2. The Morgan fingerprint density at radius 2 is 1.84 bits per heavy atom. The molecule has 1 aliphatic rings. The van der Waals surface area contributed by atoms with E-state index in [9.17, 15) is 4.79 Å². The molecule has 0 radical (unpaired) electrons. The maximum atomic E-state index is 11.0. The van der Waals surface area contributed by atoms with E-state index in [1.165, 1.54) is 61.3 Å². The van der Waals surface area contributed by atoms with Gasteiger partial charge in [0.15, 0.2) is 0 Å². The van der Waals surface area contributed by atoms with Crippen LogP contribution < -0.4 is 4.74 Å². The van der Waals surface area contributed by atoms with Gasteiger partial charge in [-0.25, -0.2) is 0 Å². The average Bonchev–Trinajstić information content (AvgIpc) is 2.61. The predicted octanol–water partition coefficient (Wildman–Crippen LogP) is 5.82. The summed E-state index contributed by atoms with van der Waals surface area (Å²) in [6, 6.07) is 14.6. The monoisotopic (exact) mass is 336 g/mol.